The van der Waals surface area contributed by atoms with Gasteiger partial charge in [0.1, 0.15) is 6.10 Å². The summed E-state index contributed by atoms with van der Waals surface area (Å²) in [6.45, 7) is 1.27. The summed E-state index contributed by atoms with van der Waals surface area (Å²) in [5.74, 6) is 0.480. The summed E-state index contributed by atoms with van der Waals surface area (Å²) in [6.07, 6.45) is 4.14. The SMILES string of the molecule is CN(C)c1ccc(-c2cc3nccnc3c(OC3CCOC3)n2)cc1Cl. The largest absolute Gasteiger partial charge is 0.470 e. The maximum atomic E-state index is 6.42. The van der Waals surface area contributed by atoms with Gasteiger partial charge < -0.3 is 14.4 Å². The minimum absolute atomic E-state index is 0.0114. The number of benzene rings is 1. The summed E-state index contributed by atoms with van der Waals surface area (Å²) in [5.41, 5.74) is 3.99. The number of nitrogens with zero attached hydrogens (tertiary/aromatic N) is 4. The van der Waals surface area contributed by atoms with Gasteiger partial charge in [0.15, 0.2) is 5.52 Å². The summed E-state index contributed by atoms with van der Waals surface area (Å²) >= 11 is 6.42. The van der Waals surface area contributed by atoms with Crippen LogP contribution >= 0.6 is 11.6 Å². The molecule has 1 unspecified atom stereocenters. The molecule has 134 valence electrons. The number of pyridine rings is 1. The number of rotatable bonds is 4. The molecular formula is C19H19ClN4O2. The van der Waals surface area contributed by atoms with Crippen molar-refractivity contribution in [2.45, 2.75) is 12.5 Å². The van der Waals surface area contributed by atoms with Gasteiger partial charge in [0.05, 0.1) is 35.1 Å². The van der Waals surface area contributed by atoms with E-state index in [0.29, 0.717) is 29.6 Å². The van der Waals surface area contributed by atoms with Gasteiger partial charge in [-0.25, -0.2) is 9.97 Å². The van der Waals surface area contributed by atoms with Gasteiger partial charge >= 0.3 is 0 Å². The number of hydrogen-bond acceptors (Lipinski definition) is 6. The summed E-state index contributed by atoms with van der Waals surface area (Å²) in [4.78, 5) is 15.5. The molecule has 7 heteroatoms. The highest BCUT2D eigenvalue weighted by Crippen LogP contribution is 2.32. The molecule has 0 N–H and O–H groups in total. The molecule has 1 aliphatic rings. The Kier molecular flexibility index (Phi) is 4.61. The molecule has 1 saturated heterocycles. The first-order valence-electron chi connectivity index (χ1n) is 8.45. The van der Waals surface area contributed by atoms with E-state index in [0.717, 1.165) is 28.9 Å². The van der Waals surface area contributed by atoms with Crippen LogP contribution in [0.2, 0.25) is 5.02 Å². The molecule has 3 aromatic rings. The minimum atomic E-state index is -0.0114. The smallest absolute Gasteiger partial charge is 0.243 e. The third-order valence-electron chi connectivity index (χ3n) is 4.32. The molecule has 2 aromatic heterocycles. The Morgan fingerprint density at radius 2 is 2.04 bits per heavy atom. The molecule has 1 fully saturated rings. The number of anilines is 1. The van der Waals surface area contributed by atoms with Crippen LogP contribution in [-0.4, -0.2) is 48.4 Å². The molecule has 26 heavy (non-hydrogen) atoms. The quantitative estimate of drug-likeness (QED) is 0.699. The lowest BCUT2D eigenvalue weighted by Gasteiger charge is -2.16. The first kappa shape index (κ1) is 17.0. The highest BCUT2D eigenvalue weighted by atomic mass is 35.5. The van der Waals surface area contributed by atoms with E-state index in [1.54, 1.807) is 12.4 Å². The molecule has 0 bridgehead atoms. The maximum Gasteiger partial charge on any atom is 0.243 e. The summed E-state index contributed by atoms with van der Waals surface area (Å²) in [6, 6.07) is 7.78. The van der Waals surface area contributed by atoms with Gasteiger partial charge in [-0.15, -0.1) is 0 Å². The minimum Gasteiger partial charge on any atom is -0.470 e. The molecule has 1 aromatic carbocycles. The van der Waals surface area contributed by atoms with Gasteiger partial charge in [0, 0.05) is 38.5 Å². The van der Waals surface area contributed by atoms with Crippen molar-refractivity contribution in [1.82, 2.24) is 15.0 Å². The summed E-state index contributed by atoms with van der Waals surface area (Å²) in [7, 11) is 3.92. The molecule has 3 heterocycles. The van der Waals surface area contributed by atoms with E-state index in [-0.39, 0.29) is 6.10 Å². The Labute approximate surface area is 156 Å². The van der Waals surface area contributed by atoms with Crippen LogP contribution in [0.15, 0.2) is 36.7 Å². The zero-order chi connectivity index (χ0) is 18.1. The van der Waals surface area contributed by atoms with Crippen molar-refractivity contribution >= 4 is 28.3 Å². The average molecular weight is 371 g/mol. The van der Waals surface area contributed by atoms with E-state index >= 15 is 0 Å². The highest BCUT2D eigenvalue weighted by molar-refractivity contribution is 6.33. The van der Waals surface area contributed by atoms with Crippen LogP contribution in [0.3, 0.4) is 0 Å². The Morgan fingerprint density at radius 3 is 2.77 bits per heavy atom. The normalized spacial score (nSPS) is 16.8. The molecule has 0 spiro atoms. The van der Waals surface area contributed by atoms with Crippen molar-refractivity contribution in [2.75, 3.05) is 32.2 Å². The van der Waals surface area contributed by atoms with Crippen molar-refractivity contribution in [2.24, 2.45) is 0 Å². The van der Waals surface area contributed by atoms with Crippen LogP contribution < -0.4 is 9.64 Å². The first-order valence-corrected chi connectivity index (χ1v) is 8.83. The van der Waals surface area contributed by atoms with E-state index in [4.69, 9.17) is 26.1 Å². The zero-order valence-corrected chi connectivity index (χ0v) is 15.4. The third-order valence-corrected chi connectivity index (χ3v) is 4.62. The van der Waals surface area contributed by atoms with E-state index in [9.17, 15) is 0 Å². The van der Waals surface area contributed by atoms with Crippen LogP contribution in [-0.2, 0) is 4.74 Å². The lowest BCUT2D eigenvalue weighted by molar-refractivity contribution is 0.139. The van der Waals surface area contributed by atoms with Crippen LogP contribution in [0.5, 0.6) is 5.88 Å². The Morgan fingerprint density at radius 1 is 1.19 bits per heavy atom. The molecule has 0 radical (unpaired) electrons. The number of ether oxygens (including phenoxy) is 2. The molecule has 0 amide bonds. The number of fused-ring (bicyclic) bond motifs is 1. The predicted octanol–water partition coefficient (Wildman–Crippen LogP) is 3.58. The molecule has 0 aliphatic carbocycles. The molecule has 0 saturated carbocycles. The van der Waals surface area contributed by atoms with E-state index in [1.807, 2.05) is 43.3 Å². The van der Waals surface area contributed by atoms with Crippen LogP contribution in [0.4, 0.5) is 5.69 Å². The van der Waals surface area contributed by atoms with Gasteiger partial charge in [-0.3, -0.25) is 4.98 Å². The second kappa shape index (κ2) is 7.05. The molecular weight excluding hydrogens is 352 g/mol. The van der Waals surface area contributed by atoms with E-state index < -0.39 is 0 Å². The average Bonchev–Trinajstić information content (AvgIpc) is 3.14. The Balaban J connectivity index is 1.78. The monoisotopic (exact) mass is 370 g/mol. The molecule has 1 aliphatic heterocycles. The van der Waals surface area contributed by atoms with Gasteiger partial charge in [-0.2, -0.15) is 0 Å². The van der Waals surface area contributed by atoms with Crippen LogP contribution in [0.25, 0.3) is 22.3 Å². The predicted molar refractivity (Wildman–Crippen MR) is 102 cm³/mol. The Bertz CT molecular complexity index is 942. The molecule has 6 nitrogen and oxygen atoms in total. The lowest BCUT2D eigenvalue weighted by atomic mass is 10.1. The van der Waals surface area contributed by atoms with Gasteiger partial charge in [0.2, 0.25) is 5.88 Å². The zero-order valence-electron chi connectivity index (χ0n) is 14.6. The maximum absolute atomic E-state index is 6.42. The van der Waals surface area contributed by atoms with Gasteiger partial charge in [0.25, 0.3) is 0 Å². The third kappa shape index (κ3) is 3.30. The molecule has 4 rings (SSSR count). The summed E-state index contributed by atoms with van der Waals surface area (Å²) < 4.78 is 11.5. The second-order valence-electron chi connectivity index (χ2n) is 6.40. The fourth-order valence-corrected chi connectivity index (χ4v) is 3.32. The lowest BCUT2D eigenvalue weighted by Crippen LogP contribution is -2.17. The van der Waals surface area contributed by atoms with E-state index in [2.05, 4.69) is 9.97 Å². The van der Waals surface area contributed by atoms with Crippen LogP contribution in [0, 0.1) is 0 Å². The number of aromatic nitrogens is 3. The fraction of sp³-hybridized carbons (Fsp3) is 0.316. The van der Waals surface area contributed by atoms with Crippen LogP contribution in [0.1, 0.15) is 6.42 Å². The topological polar surface area (TPSA) is 60.4 Å². The van der Waals surface area contributed by atoms with Crippen molar-refractivity contribution in [3.05, 3.63) is 41.7 Å². The summed E-state index contributed by atoms with van der Waals surface area (Å²) in [5, 5.41) is 0.667. The second-order valence-corrected chi connectivity index (χ2v) is 6.81. The highest BCUT2D eigenvalue weighted by Gasteiger charge is 2.20. The van der Waals surface area contributed by atoms with Crippen molar-refractivity contribution in [3.63, 3.8) is 0 Å². The molecule has 1 atom stereocenters. The standard InChI is InChI=1S/C19H19ClN4O2/c1-24(2)17-4-3-12(9-14(17)20)15-10-16-18(22-7-6-21-16)19(23-15)26-13-5-8-25-11-13/h3-4,6-7,9-10,13H,5,8,11H2,1-2H3. The first-order chi connectivity index (χ1) is 12.6. The number of hydrogen-bond donors (Lipinski definition) is 0. The fourth-order valence-electron chi connectivity index (χ4n) is 2.97. The van der Waals surface area contributed by atoms with Gasteiger partial charge in [-0.05, 0) is 18.2 Å². The Hall–Kier alpha value is -2.44. The van der Waals surface area contributed by atoms with Gasteiger partial charge in [-0.1, -0.05) is 17.7 Å². The van der Waals surface area contributed by atoms with Crippen molar-refractivity contribution in [1.29, 1.82) is 0 Å². The van der Waals surface area contributed by atoms with Crippen molar-refractivity contribution in [3.8, 4) is 17.1 Å². The van der Waals surface area contributed by atoms with E-state index in [1.165, 1.54) is 0 Å². The van der Waals surface area contributed by atoms with Crippen molar-refractivity contribution < 1.29 is 9.47 Å². The number of halogens is 1.